The number of hydrogen-bond donors (Lipinski definition) is 2. The number of urea groups is 1. The van der Waals surface area contributed by atoms with E-state index in [0.29, 0.717) is 17.9 Å². The van der Waals surface area contributed by atoms with E-state index in [0.717, 1.165) is 5.56 Å². The maximum atomic E-state index is 12.7. The summed E-state index contributed by atoms with van der Waals surface area (Å²) in [6.07, 6.45) is 2.30. The van der Waals surface area contributed by atoms with Gasteiger partial charge in [-0.25, -0.2) is 9.78 Å². The number of nitrogens with zero attached hydrogens (tertiary/aromatic N) is 2. The first-order valence-electron chi connectivity index (χ1n) is 8.02. The largest absolute Gasteiger partial charge is 0.344 e. The highest BCUT2D eigenvalue weighted by Crippen LogP contribution is 2.22. The molecule has 1 aromatic carbocycles. The number of hydrogen-bond acceptors (Lipinski definition) is 4. The fourth-order valence-corrected chi connectivity index (χ4v) is 2.78. The van der Waals surface area contributed by atoms with Crippen molar-refractivity contribution in [2.24, 2.45) is 0 Å². The van der Waals surface area contributed by atoms with Crippen molar-refractivity contribution < 1.29 is 14.4 Å². The predicted molar refractivity (Wildman–Crippen MR) is 95.3 cm³/mol. The van der Waals surface area contributed by atoms with Crippen molar-refractivity contribution in [2.45, 2.75) is 25.3 Å². The zero-order valence-corrected chi connectivity index (χ0v) is 14.8. The third kappa shape index (κ3) is 3.67. The van der Waals surface area contributed by atoms with Gasteiger partial charge in [-0.15, -0.1) is 0 Å². The Balaban J connectivity index is 1.67. The zero-order valence-electron chi connectivity index (χ0n) is 14.0. The first-order valence-corrected chi connectivity index (χ1v) is 8.40. The molecule has 1 aromatic heterocycles. The van der Waals surface area contributed by atoms with Crippen LogP contribution in [0.15, 0.2) is 48.7 Å². The van der Waals surface area contributed by atoms with Gasteiger partial charge in [0, 0.05) is 6.20 Å². The number of aromatic nitrogens is 1. The Kier molecular flexibility index (Phi) is 4.90. The molecular formula is C18H17ClN4O3. The van der Waals surface area contributed by atoms with Crippen molar-refractivity contribution in [3.05, 3.63) is 64.9 Å². The molecule has 1 saturated heterocycles. The molecule has 3 rings (SSSR count). The maximum absolute atomic E-state index is 12.7. The second kappa shape index (κ2) is 7.13. The highest BCUT2D eigenvalue weighted by atomic mass is 35.5. The normalized spacial score (nSPS) is 19.4. The van der Waals surface area contributed by atoms with Crippen LogP contribution in [0.2, 0.25) is 5.15 Å². The highest BCUT2D eigenvalue weighted by Gasteiger charge is 2.48. The first-order chi connectivity index (χ1) is 12.4. The molecule has 4 amide bonds. The summed E-state index contributed by atoms with van der Waals surface area (Å²) in [6.45, 7) is 1.65. The number of pyridine rings is 1. The van der Waals surface area contributed by atoms with Gasteiger partial charge < -0.3 is 5.32 Å². The smallest absolute Gasteiger partial charge is 0.322 e. The first kappa shape index (κ1) is 17.9. The van der Waals surface area contributed by atoms with Gasteiger partial charge in [0.15, 0.2) is 0 Å². The van der Waals surface area contributed by atoms with Gasteiger partial charge in [0.2, 0.25) is 0 Å². The molecule has 134 valence electrons. The minimum atomic E-state index is -1.08. The lowest BCUT2D eigenvalue weighted by molar-refractivity contribution is -0.132. The summed E-state index contributed by atoms with van der Waals surface area (Å²) in [5.74, 6) is -1.13. The van der Waals surface area contributed by atoms with E-state index in [-0.39, 0.29) is 10.7 Å². The third-order valence-corrected chi connectivity index (χ3v) is 4.44. The molecule has 0 spiro atoms. The van der Waals surface area contributed by atoms with E-state index in [4.69, 9.17) is 11.6 Å². The molecule has 1 aliphatic rings. The summed E-state index contributed by atoms with van der Waals surface area (Å²) in [5.41, 5.74) is 2.48. The quantitative estimate of drug-likeness (QED) is 0.622. The molecule has 0 saturated carbocycles. The van der Waals surface area contributed by atoms with Crippen molar-refractivity contribution in [1.82, 2.24) is 20.7 Å². The lowest BCUT2D eigenvalue weighted by Crippen LogP contribution is -2.49. The van der Waals surface area contributed by atoms with Gasteiger partial charge >= 0.3 is 6.03 Å². The topological polar surface area (TPSA) is 91.4 Å². The summed E-state index contributed by atoms with van der Waals surface area (Å²) >= 11 is 5.68. The summed E-state index contributed by atoms with van der Waals surface area (Å²) in [7, 11) is 0. The van der Waals surface area contributed by atoms with Gasteiger partial charge in [-0.3, -0.25) is 15.0 Å². The Morgan fingerprint density at radius 3 is 2.62 bits per heavy atom. The number of rotatable bonds is 5. The van der Waals surface area contributed by atoms with Gasteiger partial charge in [-0.2, -0.15) is 5.01 Å². The van der Waals surface area contributed by atoms with Crippen LogP contribution in [0.1, 0.15) is 29.3 Å². The average Bonchev–Trinajstić information content (AvgIpc) is 2.85. The molecule has 2 heterocycles. The summed E-state index contributed by atoms with van der Waals surface area (Å²) in [4.78, 5) is 40.9. The van der Waals surface area contributed by atoms with Gasteiger partial charge in [-0.05, 0) is 37.5 Å². The SMILES string of the molecule is C[C@@]1(CCc2ccccc2)NC(=O)N(NC(=O)c2ccc(Cl)nc2)C1=O. The monoisotopic (exact) mass is 372 g/mol. The van der Waals surface area contributed by atoms with E-state index in [2.05, 4.69) is 15.7 Å². The number of carbonyl (C=O) groups excluding carboxylic acids is 3. The van der Waals surface area contributed by atoms with Crippen molar-refractivity contribution in [3.63, 3.8) is 0 Å². The van der Waals surface area contributed by atoms with E-state index in [1.54, 1.807) is 6.92 Å². The number of hydrazine groups is 1. The minimum Gasteiger partial charge on any atom is -0.322 e. The second-order valence-corrected chi connectivity index (χ2v) is 6.59. The Labute approximate surface area is 155 Å². The number of imide groups is 1. The molecule has 2 aromatic rings. The molecule has 0 aliphatic carbocycles. The van der Waals surface area contributed by atoms with Crippen LogP contribution >= 0.6 is 11.6 Å². The van der Waals surface area contributed by atoms with Crippen LogP contribution < -0.4 is 10.7 Å². The second-order valence-electron chi connectivity index (χ2n) is 6.20. The molecule has 1 atom stereocenters. The zero-order chi connectivity index (χ0) is 18.7. The van der Waals surface area contributed by atoms with Gasteiger partial charge in [-0.1, -0.05) is 41.9 Å². The Bertz CT molecular complexity index is 841. The van der Waals surface area contributed by atoms with Crippen molar-refractivity contribution in [1.29, 1.82) is 0 Å². The average molecular weight is 373 g/mol. The molecule has 7 nitrogen and oxygen atoms in total. The number of carbonyl (C=O) groups is 3. The Hall–Kier alpha value is -2.93. The Morgan fingerprint density at radius 2 is 1.96 bits per heavy atom. The van der Waals surface area contributed by atoms with Crippen LogP contribution in [-0.4, -0.2) is 33.4 Å². The minimum absolute atomic E-state index is 0.188. The molecule has 0 unspecified atom stereocenters. The number of halogens is 1. The molecular weight excluding hydrogens is 356 g/mol. The van der Waals surface area contributed by atoms with Crippen molar-refractivity contribution >= 4 is 29.4 Å². The van der Waals surface area contributed by atoms with E-state index in [9.17, 15) is 14.4 Å². The van der Waals surface area contributed by atoms with Crippen molar-refractivity contribution in [3.8, 4) is 0 Å². The Morgan fingerprint density at radius 1 is 1.23 bits per heavy atom. The summed E-state index contributed by atoms with van der Waals surface area (Å²) in [6, 6.07) is 11.9. The van der Waals surface area contributed by atoms with E-state index < -0.39 is 23.4 Å². The predicted octanol–water partition coefficient (Wildman–Crippen LogP) is 2.32. The molecule has 2 N–H and O–H groups in total. The third-order valence-electron chi connectivity index (χ3n) is 4.22. The van der Waals surface area contributed by atoms with Crippen molar-refractivity contribution in [2.75, 3.05) is 0 Å². The molecule has 8 heteroatoms. The van der Waals surface area contributed by atoms with Gasteiger partial charge in [0.05, 0.1) is 5.56 Å². The van der Waals surface area contributed by atoms with E-state index >= 15 is 0 Å². The van der Waals surface area contributed by atoms with Gasteiger partial charge in [0.25, 0.3) is 11.8 Å². The summed E-state index contributed by atoms with van der Waals surface area (Å²) < 4.78 is 0. The fraction of sp³-hybridized carbons (Fsp3) is 0.222. The van der Waals surface area contributed by atoms with E-state index in [1.807, 2.05) is 30.3 Å². The van der Waals surface area contributed by atoms with Crippen LogP contribution in [0.3, 0.4) is 0 Å². The van der Waals surface area contributed by atoms with Crippen LogP contribution in [0, 0.1) is 0 Å². The molecule has 1 aliphatic heterocycles. The number of nitrogens with one attached hydrogen (secondary N) is 2. The lowest BCUT2D eigenvalue weighted by Gasteiger charge is -2.21. The highest BCUT2D eigenvalue weighted by molar-refractivity contribution is 6.29. The number of aryl methyl sites for hydroxylation is 1. The number of benzene rings is 1. The fourth-order valence-electron chi connectivity index (χ4n) is 2.67. The number of amides is 4. The molecule has 1 fully saturated rings. The standard InChI is InChI=1S/C18H17ClN4O3/c1-18(10-9-12-5-3-2-4-6-12)16(25)23(17(26)21-18)22-15(24)13-7-8-14(19)20-11-13/h2-8,11H,9-10H2,1H3,(H,21,26)(H,22,24)/t18-/m0/s1. The maximum Gasteiger partial charge on any atom is 0.344 e. The lowest BCUT2D eigenvalue weighted by atomic mass is 9.93. The van der Waals surface area contributed by atoms with E-state index in [1.165, 1.54) is 18.3 Å². The summed E-state index contributed by atoms with van der Waals surface area (Å²) in [5, 5.41) is 3.60. The van der Waals surface area contributed by atoms with Crippen LogP contribution in [0.4, 0.5) is 4.79 Å². The molecule has 0 bridgehead atoms. The van der Waals surface area contributed by atoms with Crippen LogP contribution in [0.5, 0.6) is 0 Å². The molecule has 0 radical (unpaired) electrons. The van der Waals surface area contributed by atoms with Crippen LogP contribution in [-0.2, 0) is 11.2 Å². The van der Waals surface area contributed by atoms with Gasteiger partial charge in [0.1, 0.15) is 10.7 Å². The molecule has 26 heavy (non-hydrogen) atoms. The van der Waals surface area contributed by atoms with Crippen LogP contribution in [0.25, 0.3) is 0 Å².